The first-order valence-corrected chi connectivity index (χ1v) is 7.15. The molecule has 1 aromatic rings. The normalized spacial score (nSPS) is 17.8. The molecule has 0 amide bonds. The second kappa shape index (κ2) is 6.60. The Morgan fingerprint density at radius 3 is 2.74 bits per heavy atom. The van der Waals surface area contributed by atoms with E-state index in [9.17, 15) is 4.79 Å². The maximum Gasteiger partial charge on any atom is 0.337 e. The summed E-state index contributed by atoms with van der Waals surface area (Å²) in [6.45, 7) is 2.24. The van der Waals surface area contributed by atoms with Crippen molar-refractivity contribution in [3.05, 3.63) is 29.8 Å². The van der Waals surface area contributed by atoms with Crippen molar-refractivity contribution in [3.63, 3.8) is 0 Å². The van der Waals surface area contributed by atoms with Crippen LogP contribution in [0.1, 0.15) is 49.4 Å². The second-order valence-electron chi connectivity index (χ2n) is 5.40. The third kappa shape index (κ3) is 3.72. The van der Waals surface area contributed by atoms with Gasteiger partial charge in [0.05, 0.1) is 12.7 Å². The molecule has 1 aliphatic rings. The summed E-state index contributed by atoms with van der Waals surface area (Å²) in [5.41, 5.74) is 1.60. The zero-order valence-corrected chi connectivity index (χ0v) is 11.8. The van der Waals surface area contributed by atoms with Gasteiger partial charge in [0.2, 0.25) is 0 Å². The standard InChI is InChI=1S/C16H23NO2/c1-12(13-7-4-3-5-8-13)17-15-10-6-9-14(11-15)16(18)19-2/h6,9-13,17H,3-5,7-8H2,1-2H3. The molecule has 1 aliphatic carbocycles. The smallest absolute Gasteiger partial charge is 0.337 e. The lowest BCUT2D eigenvalue weighted by atomic mass is 9.84. The molecule has 0 aromatic heterocycles. The van der Waals surface area contributed by atoms with Crippen LogP contribution in [0.2, 0.25) is 0 Å². The summed E-state index contributed by atoms with van der Waals surface area (Å²) in [5.74, 6) is 0.463. The summed E-state index contributed by atoms with van der Waals surface area (Å²) < 4.78 is 4.75. The van der Waals surface area contributed by atoms with Gasteiger partial charge in [-0.15, -0.1) is 0 Å². The molecule has 1 saturated carbocycles. The van der Waals surface area contributed by atoms with Gasteiger partial charge in [0.15, 0.2) is 0 Å². The summed E-state index contributed by atoms with van der Waals surface area (Å²) in [7, 11) is 1.41. The number of hydrogen-bond donors (Lipinski definition) is 1. The first kappa shape index (κ1) is 13.9. The van der Waals surface area contributed by atoms with Crippen LogP contribution in [-0.2, 0) is 4.74 Å². The number of carbonyl (C=O) groups excluding carboxylic acids is 1. The van der Waals surface area contributed by atoms with Gasteiger partial charge in [0.25, 0.3) is 0 Å². The van der Waals surface area contributed by atoms with E-state index in [1.54, 1.807) is 6.07 Å². The maximum atomic E-state index is 11.5. The van der Waals surface area contributed by atoms with Crippen LogP contribution in [0.25, 0.3) is 0 Å². The van der Waals surface area contributed by atoms with Crippen LogP contribution in [0, 0.1) is 5.92 Å². The number of esters is 1. The largest absolute Gasteiger partial charge is 0.465 e. The second-order valence-corrected chi connectivity index (χ2v) is 5.40. The fourth-order valence-corrected chi connectivity index (χ4v) is 2.87. The van der Waals surface area contributed by atoms with Crippen LogP contribution in [0.5, 0.6) is 0 Å². The molecule has 1 aromatic carbocycles. The number of rotatable bonds is 4. The molecule has 2 rings (SSSR count). The van der Waals surface area contributed by atoms with Gasteiger partial charge in [0, 0.05) is 11.7 Å². The van der Waals surface area contributed by atoms with Crippen LogP contribution in [0.3, 0.4) is 0 Å². The zero-order chi connectivity index (χ0) is 13.7. The minimum atomic E-state index is -0.283. The fourth-order valence-electron chi connectivity index (χ4n) is 2.87. The van der Waals surface area contributed by atoms with Gasteiger partial charge >= 0.3 is 5.97 Å². The average Bonchev–Trinajstić information content (AvgIpc) is 2.47. The van der Waals surface area contributed by atoms with Crippen molar-refractivity contribution in [2.45, 2.75) is 45.1 Å². The molecule has 0 spiro atoms. The zero-order valence-electron chi connectivity index (χ0n) is 11.8. The molecule has 1 atom stereocenters. The van der Waals surface area contributed by atoms with E-state index in [-0.39, 0.29) is 5.97 Å². The van der Waals surface area contributed by atoms with Crippen molar-refractivity contribution in [2.75, 3.05) is 12.4 Å². The molecular formula is C16H23NO2. The molecule has 3 heteroatoms. The highest BCUT2D eigenvalue weighted by atomic mass is 16.5. The Balaban J connectivity index is 1.99. The Kier molecular flexibility index (Phi) is 4.83. The molecule has 0 aliphatic heterocycles. The predicted octanol–water partition coefficient (Wildman–Crippen LogP) is 3.85. The monoisotopic (exact) mass is 261 g/mol. The van der Waals surface area contributed by atoms with Gasteiger partial charge in [-0.3, -0.25) is 0 Å². The summed E-state index contributed by atoms with van der Waals surface area (Å²) >= 11 is 0. The Morgan fingerprint density at radius 1 is 1.32 bits per heavy atom. The van der Waals surface area contributed by atoms with Gasteiger partial charge in [-0.2, -0.15) is 0 Å². The van der Waals surface area contributed by atoms with Gasteiger partial charge in [-0.25, -0.2) is 4.79 Å². The maximum absolute atomic E-state index is 11.5. The number of benzene rings is 1. The lowest BCUT2D eigenvalue weighted by Gasteiger charge is -2.29. The predicted molar refractivity (Wildman–Crippen MR) is 77.4 cm³/mol. The number of ether oxygens (including phenoxy) is 1. The Hall–Kier alpha value is -1.51. The van der Waals surface area contributed by atoms with Crippen LogP contribution >= 0.6 is 0 Å². The lowest BCUT2D eigenvalue weighted by molar-refractivity contribution is 0.0601. The fraction of sp³-hybridized carbons (Fsp3) is 0.562. The third-order valence-electron chi connectivity index (χ3n) is 4.03. The molecule has 3 nitrogen and oxygen atoms in total. The minimum absolute atomic E-state index is 0.283. The third-order valence-corrected chi connectivity index (χ3v) is 4.03. The minimum Gasteiger partial charge on any atom is -0.465 e. The van der Waals surface area contributed by atoms with E-state index in [1.165, 1.54) is 39.2 Å². The molecule has 0 saturated heterocycles. The van der Waals surface area contributed by atoms with E-state index < -0.39 is 0 Å². The number of nitrogens with one attached hydrogen (secondary N) is 1. The lowest BCUT2D eigenvalue weighted by Crippen LogP contribution is -2.27. The summed E-state index contributed by atoms with van der Waals surface area (Å²) in [6, 6.07) is 8.00. The van der Waals surface area contributed by atoms with Crippen LogP contribution < -0.4 is 5.32 Å². The summed E-state index contributed by atoms with van der Waals surface area (Å²) in [6.07, 6.45) is 6.69. The van der Waals surface area contributed by atoms with Crippen molar-refractivity contribution >= 4 is 11.7 Å². The molecule has 1 N–H and O–H groups in total. The van der Waals surface area contributed by atoms with Crippen molar-refractivity contribution in [3.8, 4) is 0 Å². The molecular weight excluding hydrogens is 238 g/mol. The SMILES string of the molecule is COC(=O)c1cccc(NC(C)C2CCCCC2)c1. The van der Waals surface area contributed by atoms with Gasteiger partial charge in [0.1, 0.15) is 0 Å². The molecule has 0 radical (unpaired) electrons. The van der Waals surface area contributed by atoms with Crippen molar-refractivity contribution in [1.82, 2.24) is 0 Å². The Morgan fingerprint density at radius 2 is 2.05 bits per heavy atom. The summed E-state index contributed by atoms with van der Waals surface area (Å²) in [5, 5.41) is 3.52. The molecule has 0 heterocycles. The van der Waals surface area contributed by atoms with Crippen LogP contribution in [-0.4, -0.2) is 19.1 Å². The highest BCUT2D eigenvalue weighted by molar-refractivity contribution is 5.90. The van der Waals surface area contributed by atoms with Crippen molar-refractivity contribution < 1.29 is 9.53 Å². The Labute approximate surface area is 115 Å². The van der Waals surface area contributed by atoms with E-state index in [2.05, 4.69) is 12.2 Å². The van der Waals surface area contributed by atoms with Crippen LogP contribution in [0.4, 0.5) is 5.69 Å². The highest BCUT2D eigenvalue weighted by Gasteiger charge is 2.20. The Bertz CT molecular complexity index is 425. The summed E-state index contributed by atoms with van der Waals surface area (Å²) in [4.78, 5) is 11.5. The number of carbonyl (C=O) groups is 1. The van der Waals surface area contributed by atoms with Crippen molar-refractivity contribution in [1.29, 1.82) is 0 Å². The van der Waals surface area contributed by atoms with Gasteiger partial charge in [-0.05, 0) is 43.9 Å². The van der Waals surface area contributed by atoms with E-state index >= 15 is 0 Å². The van der Waals surface area contributed by atoms with E-state index in [0.29, 0.717) is 11.6 Å². The number of anilines is 1. The number of methoxy groups -OCH3 is 1. The van der Waals surface area contributed by atoms with E-state index in [0.717, 1.165) is 11.6 Å². The van der Waals surface area contributed by atoms with Gasteiger partial charge in [-0.1, -0.05) is 25.3 Å². The first-order valence-electron chi connectivity index (χ1n) is 7.15. The van der Waals surface area contributed by atoms with E-state index in [4.69, 9.17) is 4.74 Å². The quantitative estimate of drug-likeness (QED) is 0.836. The first-order chi connectivity index (χ1) is 9.20. The molecule has 1 unspecified atom stereocenters. The number of hydrogen-bond acceptors (Lipinski definition) is 3. The van der Waals surface area contributed by atoms with Gasteiger partial charge < -0.3 is 10.1 Å². The average molecular weight is 261 g/mol. The van der Waals surface area contributed by atoms with Crippen molar-refractivity contribution in [2.24, 2.45) is 5.92 Å². The molecule has 1 fully saturated rings. The molecule has 104 valence electrons. The molecule has 0 bridgehead atoms. The topological polar surface area (TPSA) is 38.3 Å². The molecule has 19 heavy (non-hydrogen) atoms. The van der Waals surface area contributed by atoms with E-state index in [1.807, 2.05) is 18.2 Å². The highest BCUT2D eigenvalue weighted by Crippen LogP contribution is 2.28. The van der Waals surface area contributed by atoms with Crippen LogP contribution in [0.15, 0.2) is 24.3 Å².